The van der Waals surface area contributed by atoms with E-state index in [2.05, 4.69) is 9.97 Å². The molecule has 0 radical (unpaired) electrons. The standard InChI is InChI=1S/C12H16N4O3/c1-12(2,3)6-16-9-8(13-5-7(17)14-9)10(18)15(4)11(16)19/h5H,6H2,1-4H3,(H,14,17). The molecule has 2 aromatic rings. The number of hydrogen-bond donors (Lipinski definition) is 1. The molecule has 0 saturated heterocycles. The molecule has 0 atom stereocenters. The van der Waals surface area contributed by atoms with Crippen LogP contribution >= 0.6 is 0 Å². The zero-order chi connectivity index (χ0) is 14.4. The average molecular weight is 264 g/mol. The molecule has 0 aliphatic rings. The third-order valence-electron chi connectivity index (χ3n) is 2.70. The van der Waals surface area contributed by atoms with Crippen LogP contribution in [0.5, 0.6) is 0 Å². The molecule has 2 heterocycles. The summed E-state index contributed by atoms with van der Waals surface area (Å²) < 4.78 is 2.38. The molecular formula is C12H16N4O3. The number of nitrogens with zero attached hydrogens (tertiary/aromatic N) is 3. The molecule has 19 heavy (non-hydrogen) atoms. The van der Waals surface area contributed by atoms with Crippen molar-refractivity contribution in [1.29, 1.82) is 0 Å². The van der Waals surface area contributed by atoms with Crippen molar-refractivity contribution >= 4 is 11.2 Å². The number of hydrogen-bond acceptors (Lipinski definition) is 4. The van der Waals surface area contributed by atoms with E-state index in [1.165, 1.54) is 11.6 Å². The lowest BCUT2D eigenvalue weighted by Gasteiger charge is -2.21. The van der Waals surface area contributed by atoms with E-state index < -0.39 is 16.8 Å². The molecule has 0 unspecified atom stereocenters. The van der Waals surface area contributed by atoms with Gasteiger partial charge < -0.3 is 4.98 Å². The lowest BCUT2D eigenvalue weighted by Crippen LogP contribution is -2.41. The quantitative estimate of drug-likeness (QED) is 0.774. The van der Waals surface area contributed by atoms with E-state index >= 15 is 0 Å². The molecule has 0 bridgehead atoms. The van der Waals surface area contributed by atoms with Crippen LogP contribution in [0.2, 0.25) is 0 Å². The Labute approximate surface area is 108 Å². The van der Waals surface area contributed by atoms with Crippen LogP contribution in [0.15, 0.2) is 20.6 Å². The zero-order valence-corrected chi connectivity index (χ0v) is 11.4. The van der Waals surface area contributed by atoms with Crippen molar-refractivity contribution < 1.29 is 0 Å². The van der Waals surface area contributed by atoms with Crippen molar-refractivity contribution in [1.82, 2.24) is 19.1 Å². The number of rotatable bonds is 1. The summed E-state index contributed by atoms with van der Waals surface area (Å²) in [5.41, 5.74) is -1.33. The molecule has 0 aliphatic carbocycles. The summed E-state index contributed by atoms with van der Waals surface area (Å²) in [7, 11) is 1.40. The predicted molar refractivity (Wildman–Crippen MR) is 71.3 cm³/mol. The van der Waals surface area contributed by atoms with Crippen molar-refractivity contribution in [2.24, 2.45) is 12.5 Å². The zero-order valence-electron chi connectivity index (χ0n) is 11.4. The van der Waals surface area contributed by atoms with Crippen LogP contribution in [0.1, 0.15) is 20.8 Å². The van der Waals surface area contributed by atoms with Crippen molar-refractivity contribution in [2.45, 2.75) is 27.3 Å². The highest BCUT2D eigenvalue weighted by atomic mass is 16.2. The number of aromatic nitrogens is 4. The summed E-state index contributed by atoms with van der Waals surface area (Å²) in [5.74, 6) is 0. The average Bonchev–Trinajstić information content (AvgIpc) is 2.30. The van der Waals surface area contributed by atoms with E-state index in [1.807, 2.05) is 20.8 Å². The third-order valence-corrected chi connectivity index (χ3v) is 2.70. The van der Waals surface area contributed by atoms with Crippen molar-refractivity contribution in [3.05, 3.63) is 37.4 Å². The molecule has 2 aromatic heterocycles. The van der Waals surface area contributed by atoms with Crippen LogP contribution in [0.25, 0.3) is 11.2 Å². The number of nitrogens with one attached hydrogen (secondary N) is 1. The van der Waals surface area contributed by atoms with Crippen molar-refractivity contribution in [3.8, 4) is 0 Å². The van der Waals surface area contributed by atoms with Gasteiger partial charge in [0, 0.05) is 13.6 Å². The van der Waals surface area contributed by atoms with Crippen LogP contribution in [-0.4, -0.2) is 19.1 Å². The van der Waals surface area contributed by atoms with Gasteiger partial charge in [-0.3, -0.25) is 18.7 Å². The van der Waals surface area contributed by atoms with Gasteiger partial charge in [-0.15, -0.1) is 0 Å². The van der Waals surface area contributed by atoms with Gasteiger partial charge in [0.25, 0.3) is 11.1 Å². The maximum Gasteiger partial charge on any atom is 0.332 e. The van der Waals surface area contributed by atoms with Gasteiger partial charge in [-0.2, -0.15) is 0 Å². The number of fused-ring (bicyclic) bond motifs is 1. The van der Waals surface area contributed by atoms with E-state index in [9.17, 15) is 14.4 Å². The molecule has 0 aliphatic heterocycles. The predicted octanol–water partition coefficient (Wildman–Crippen LogP) is -0.170. The molecule has 1 N–H and O–H groups in total. The molecule has 7 nitrogen and oxygen atoms in total. The summed E-state index contributed by atoms with van der Waals surface area (Å²) >= 11 is 0. The summed E-state index contributed by atoms with van der Waals surface area (Å²) in [4.78, 5) is 41.8. The van der Waals surface area contributed by atoms with Crippen LogP contribution in [0, 0.1) is 5.41 Å². The van der Waals surface area contributed by atoms with E-state index in [0.29, 0.717) is 6.54 Å². The fourth-order valence-corrected chi connectivity index (χ4v) is 1.89. The van der Waals surface area contributed by atoms with Gasteiger partial charge in [0.1, 0.15) is 5.65 Å². The normalized spacial score (nSPS) is 12.0. The Bertz CT molecular complexity index is 805. The molecule has 0 amide bonds. The first-order valence-corrected chi connectivity index (χ1v) is 5.89. The van der Waals surface area contributed by atoms with Crippen molar-refractivity contribution in [2.75, 3.05) is 0 Å². The Kier molecular flexibility index (Phi) is 2.92. The first-order chi connectivity index (χ1) is 8.70. The lowest BCUT2D eigenvalue weighted by atomic mass is 9.97. The second kappa shape index (κ2) is 4.18. The molecule has 0 spiro atoms. The first kappa shape index (κ1) is 13.3. The SMILES string of the molecule is Cn1c(=O)c2ncc(=O)[nH]c2n(CC(C)(C)C)c1=O. The highest BCUT2D eigenvalue weighted by Crippen LogP contribution is 2.16. The van der Waals surface area contributed by atoms with Gasteiger partial charge in [0.2, 0.25) is 0 Å². The fourth-order valence-electron chi connectivity index (χ4n) is 1.89. The maximum absolute atomic E-state index is 12.2. The van der Waals surface area contributed by atoms with Gasteiger partial charge in [0.15, 0.2) is 5.52 Å². The minimum atomic E-state index is -0.513. The summed E-state index contributed by atoms with van der Waals surface area (Å²) in [6, 6.07) is 0. The van der Waals surface area contributed by atoms with E-state index in [4.69, 9.17) is 0 Å². The topological polar surface area (TPSA) is 89.8 Å². The minimum Gasteiger partial charge on any atom is -0.305 e. The molecule has 0 fully saturated rings. The van der Waals surface area contributed by atoms with Crippen LogP contribution in [0.4, 0.5) is 0 Å². The van der Waals surface area contributed by atoms with Gasteiger partial charge >= 0.3 is 5.69 Å². The van der Waals surface area contributed by atoms with E-state index in [-0.39, 0.29) is 16.6 Å². The number of H-pyrrole nitrogens is 1. The van der Waals surface area contributed by atoms with E-state index in [0.717, 1.165) is 10.8 Å². The Morgan fingerprint density at radius 1 is 1.26 bits per heavy atom. The van der Waals surface area contributed by atoms with Crippen LogP contribution in [-0.2, 0) is 13.6 Å². The molecular weight excluding hydrogens is 248 g/mol. The minimum absolute atomic E-state index is 0.0888. The summed E-state index contributed by atoms with van der Waals surface area (Å²) in [5, 5.41) is 0. The van der Waals surface area contributed by atoms with Crippen LogP contribution < -0.4 is 16.8 Å². The highest BCUT2D eigenvalue weighted by Gasteiger charge is 2.18. The Morgan fingerprint density at radius 3 is 2.47 bits per heavy atom. The third kappa shape index (κ3) is 2.35. The Hall–Kier alpha value is -2.18. The van der Waals surface area contributed by atoms with Gasteiger partial charge in [-0.1, -0.05) is 20.8 Å². The Morgan fingerprint density at radius 2 is 1.89 bits per heavy atom. The smallest absolute Gasteiger partial charge is 0.305 e. The molecule has 0 aromatic carbocycles. The monoisotopic (exact) mass is 264 g/mol. The molecule has 7 heteroatoms. The summed E-state index contributed by atoms with van der Waals surface area (Å²) in [6.45, 7) is 6.26. The van der Waals surface area contributed by atoms with Gasteiger partial charge in [0.05, 0.1) is 6.20 Å². The lowest BCUT2D eigenvalue weighted by molar-refractivity contribution is 0.337. The molecule has 2 rings (SSSR count). The fraction of sp³-hybridized carbons (Fsp3) is 0.500. The maximum atomic E-state index is 12.2. The van der Waals surface area contributed by atoms with Gasteiger partial charge in [-0.05, 0) is 5.41 Å². The summed E-state index contributed by atoms with van der Waals surface area (Å²) in [6.07, 6.45) is 1.04. The Balaban J connectivity index is 2.96. The first-order valence-electron chi connectivity index (χ1n) is 5.89. The van der Waals surface area contributed by atoms with Crippen molar-refractivity contribution in [3.63, 3.8) is 0 Å². The van der Waals surface area contributed by atoms with E-state index in [1.54, 1.807) is 0 Å². The second-order valence-corrected chi connectivity index (χ2v) is 5.74. The second-order valence-electron chi connectivity index (χ2n) is 5.74. The largest absolute Gasteiger partial charge is 0.332 e. The van der Waals surface area contributed by atoms with Gasteiger partial charge in [-0.25, -0.2) is 9.78 Å². The number of aromatic amines is 1. The molecule has 102 valence electrons. The van der Waals surface area contributed by atoms with Crippen LogP contribution in [0.3, 0.4) is 0 Å². The highest BCUT2D eigenvalue weighted by molar-refractivity contribution is 5.67. The molecule has 0 saturated carbocycles.